The molecule has 118 valence electrons. The molecule has 1 N–H and O–H groups in total. The van der Waals surface area contributed by atoms with Crippen LogP contribution in [0.4, 0.5) is 0 Å². The summed E-state index contributed by atoms with van der Waals surface area (Å²) in [7, 11) is 1.83. The first kappa shape index (κ1) is 16.0. The number of carbonyl (C=O) groups excluding carboxylic acids is 1. The maximum absolute atomic E-state index is 12.3. The number of carbonyl (C=O) groups is 2. The molecular formula is C16H26N2O3. The number of allylic oxidation sites excluding steroid dienone is 2. The quantitative estimate of drug-likeness (QED) is 0.815. The molecule has 0 aromatic heterocycles. The normalized spacial score (nSPS) is 25.9. The van der Waals surface area contributed by atoms with Crippen molar-refractivity contribution >= 4 is 11.9 Å². The predicted octanol–water partition coefficient (Wildman–Crippen LogP) is 2.09. The number of carboxylic acid groups (broad SMARTS) is 1. The molecule has 0 radical (unpaired) electrons. The topological polar surface area (TPSA) is 60.9 Å². The average molecular weight is 294 g/mol. The number of aliphatic carboxylic acids is 1. The summed E-state index contributed by atoms with van der Waals surface area (Å²) in [5.41, 5.74) is 0.456. The Labute approximate surface area is 126 Å². The third-order valence-corrected chi connectivity index (χ3v) is 4.80. The molecule has 1 heterocycles. The summed E-state index contributed by atoms with van der Waals surface area (Å²) in [6.07, 6.45) is 7.47. The number of hydrogen-bond donors (Lipinski definition) is 1. The highest BCUT2D eigenvalue weighted by atomic mass is 16.4. The summed E-state index contributed by atoms with van der Waals surface area (Å²) < 4.78 is 0. The van der Waals surface area contributed by atoms with Crippen LogP contribution in [0.3, 0.4) is 0 Å². The number of amides is 1. The van der Waals surface area contributed by atoms with Crippen LogP contribution in [0, 0.1) is 5.41 Å². The minimum atomic E-state index is -0.717. The van der Waals surface area contributed by atoms with Gasteiger partial charge in [-0.15, -0.1) is 0 Å². The van der Waals surface area contributed by atoms with Gasteiger partial charge < -0.3 is 10.0 Å². The minimum Gasteiger partial charge on any atom is -0.481 e. The first-order chi connectivity index (χ1) is 9.98. The van der Waals surface area contributed by atoms with Crippen molar-refractivity contribution in [3.63, 3.8) is 0 Å². The van der Waals surface area contributed by atoms with Gasteiger partial charge in [-0.05, 0) is 38.6 Å². The number of likely N-dealkylation sites (tertiary alicyclic amines) is 1. The van der Waals surface area contributed by atoms with Gasteiger partial charge in [0, 0.05) is 19.3 Å². The van der Waals surface area contributed by atoms with Crippen molar-refractivity contribution in [1.82, 2.24) is 9.80 Å². The van der Waals surface area contributed by atoms with E-state index < -0.39 is 11.4 Å². The molecule has 0 aromatic carbocycles. The van der Waals surface area contributed by atoms with Crippen molar-refractivity contribution in [3.8, 4) is 0 Å². The van der Waals surface area contributed by atoms with Gasteiger partial charge >= 0.3 is 5.97 Å². The number of likely N-dealkylation sites (N-methyl/N-ethyl adjacent to an activating group) is 1. The van der Waals surface area contributed by atoms with Crippen LogP contribution in [0.2, 0.25) is 0 Å². The predicted molar refractivity (Wildman–Crippen MR) is 80.7 cm³/mol. The van der Waals surface area contributed by atoms with Crippen molar-refractivity contribution in [1.29, 1.82) is 0 Å². The molecule has 5 heteroatoms. The van der Waals surface area contributed by atoms with E-state index in [0.717, 1.165) is 31.4 Å². The fraction of sp³-hybridized carbons (Fsp3) is 0.750. The van der Waals surface area contributed by atoms with Crippen LogP contribution < -0.4 is 0 Å². The Morgan fingerprint density at radius 1 is 1.48 bits per heavy atom. The molecule has 1 unspecified atom stereocenters. The number of carboxylic acids is 1. The molecule has 0 spiro atoms. The van der Waals surface area contributed by atoms with Crippen LogP contribution in [-0.2, 0) is 9.59 Å². The molecule has 2 aliphatic rings. The zero-order valence-corrected chi connectivity index (χ0v) is 13.1. The largest absolute Gasteiger partial charge is 0.481 e. The van der Waals surface area contributed by atoms with Gasteiger partial charge in [-0.2, -0.15) is 0 Å². The van der Waals surface area contributed by atoms with Gasteiger partial charge in [0.05, 0.1) is 12.0 Å². The fourth-order valence-electron chi connectivity index (χ4n) is 3.47. The summed E-state index contributed by atoms with van der Waals surface area (Å²) in [5, 5.41) is 9.50. The lowest BCUT2D eigenvalue weighted by Gasteiger charge is -2.25. The minimum absolute atomic E-state index is 0.0702. The van der Waals surface area contributed by atoms with Crippen LogP contribution in [0.15, 0.2) is 11.8 Å². The van der Waals surface area contributed by atoms with E-state index in [9.17, 15) is 14.7 Å². The second kappa shape index (κ2) is 6.60. The third kappa shape index (κ3) is 3.46. The number of rotatable bonds is 6. The first-order valence-corrected chi connectivity index (χ1v) is 7.90. The summed E-state index contributed by atoms with van der Waals surface area (Å²) in [4.78, 5) is 27.6. The Bertz CT molecular complexity index is 447. The molecule has 1 fully saturated rings. The lowest BCUT2D eigenvalue weighted by Crippen LogP contribution is -2.39. The molecule has 21 heavy (non-hydrogen) atoms. The molecule has 1 saturated heterocycles. The van der Waals surface area contributed by atoms with Gasteiger partial charge in [-0.25, -0.2) is 0 Å². The molecule has 0 saturated carbocycles. The molecule has 0 aromatic rings. The van der Waals surface area contributed by atoms with Crippen molar-refractivity contribution < 1.29 is 14.7 Å². The number of nitrogens with zero attached hydrogens (tertiary/aromatic N) is 2. The Morgan fingerprint density at radius 2 is 2.24 bits per heavy atom. The van der Waals surface area contributed by atoms with Gasteiger partial charge in [0.2, 0.25) is 5.91 Å². The van der Waals surface area contributed by atoms with Crippen molar-refractivity contribution in [2.24, 2.45) is 5.41 Å². The molecule has 1 atom stereocenters. The molecule has 0 bridgehead atoms. The summed E-state index contributed by atoms with van der Waals surface area (Å²) >= 11 is 0. The SMILES string of the molecule is CCCC1(C(=O)O)CCN(CC(=O)N(C)C2=CCCC2)C1. The monoisotopic (exact) mass is 294 g/mol. The van der Waals surface area contributed by atoms with E-state index in [1.807, 2.05) is 18.9 Å². The lowest BCUT2D eigenvalue weighted by atomic mass is 9.83. The number of hydrogen-bond acceptors (Lipinski definition) is 3. The maximum Gasteiger partial charge on any atom is 0.310 e. The highest BCUT2D eigenvalue weighted by molar-refractivity contribution is 5.80. The van der Waals surface area contributed by atoms with Gasteiger partial charge in [0.1, 0.15) is 0 Å². The Balaban J connectivity index is 1.92. The van der Waals surface area contributed by atoms with E-state index in [4.69, 9.17) is 0 Å². The molecular weight excluding hydrogens is 268 g/mol. The Hall–Kier alpha value is -1.36. The van der Waals surface area contributed by atoms with Gasteiger partial charge in [0.15, 0.2) is 0 Å². The van der Waals surface area contributed by atoms with Gasteiger partial charge in [-0.1, -0.05) is 19.4 Å². The molecule has 1 aliphatic heterocycles. The average Bonchev–Trinajstić information content (AvgIpc) is 3.08. The zero-order valence-electron chi connectivity index (χ0n) is 13.1. The van der Waals surface area contributed by atoms with E-state index in [2.05, 4.69) is 6.08 Å². The zero-order chi connectivity index (χ0) is 15.5. The van der Waals surface area contributed by atoms with Crippen LogP contribution in [0.1, 0.15) is 45.4 Å². The molecule has 1 aliphatic carbocycles. The van der Waals surface area contributed by atoms with Crippen LogP contribution in [0.25, 0.3) is 0 Å². The van der Waals surface area contributed by atoms with E-state index >= 15 is 0 Å². The van der Waals surface area contributed by atoms with Crippen molar-refractivity contribution in [2.45, 2.75) is 45.4 Å². The highest BCUT2D eigenvalue weighted by Crippen LogP contribution is 2.35. The van der Waals surface area contributed by atoms with Crippen molar-refractivity contribution in [2.75, 3.05) is 26.7 Å². The molecule has 5 nitrogen and oxygen atoms in total. The maximum atomic E-state index is 12.3. The van der Waals surface area contributed by atoms with Crippen molar-refractivity contribution in [3.05, 3.63) is 11.8 Å². The van der Waals surface area contributed by atoms with Crippen LogP contribution in [-0.4, -0.2) is 53.5 Å². The summed E-state index contributed by atoms with van der Waals surface area (Å²) in [6.45, 7) is 3.53. The first-order valence-electron chi connectivity index (χ1n) is 7.90. The molecule has 1 amide bonds. The third-order valence-electron chi connectivity index (χ3n) is 4.80. The van der Waals surface area contributed by atoms with Gasteiger partial charge in [0.25, 0.3) is 0 Å². The summed E-state index contributed by atoms with van der Waals surface area (Å²) in [5.74, 6) is -0.646. The second-order valence-electron chi connectivity index (χ2n) is 6.34. The fourth-order valence-corrected chi connectivity index (χ4v) is 3.47. The second-order valence-corrected chi connectivity index (χ2v) is 6.34. The Morgan fingerprint density at radius 3 is 2.81 bits per heavy atom. The van der Waals surface area contributed by atoms with E-state index in [1.165, 1.54) is 0 Å². The standard InChI is InChI=1S/C16H26N2O3/c1-3-8-16(15(20)21)9-10-18(12-16)11-14(19)17(2)13-6-4-5-7-13/h6H,3-5,7-12H2,1-2H3,(H,20,21). The highest BCUT2D eigenvalue weighted by Gasteiger charge is 2.44. The van der Waals surface area contributed by atoms with Crippen LogP contribution >= 0.6 is 0 Å². The van der Waals surface area contributed by atoms with E-state index in [0.29, 0.717) is 32.5 Å². The van der Waals surface area contributed by atoms with E-state index in [1.54, 1.807) is 4.90 Å². The Kier molecular flexibility index (Phi) is 5.04. The smallest absolute Gasteiger partial charge is 0.310 e. The summed E-state index contributed by atoms with van der Waals surface area (Å²) in [6, 6.07) is 0. The van der Waals surface area contributed by atoms with E-state index in [-0.39, 0.29) is 5.91 Å². The van der Waals surface area contributed by atoms with Crippen LogP contribution in [0.5, 0.6) is 0 Å². The van der Waals surface area contributed by atoms with Gasteiger partial charge in [-0.3, -0.25) is 14.5 Å². The lowest BCUT2D eigenvalue weighted by molar-refractivity contribution is -0.149. The molecule has 2 rings (SSSR count).